The van der Waals surface area contributed by atoms with Gasteiger partial charge in [-0.1, -0.05) is 25.5 Å². The van der Waals surface area contributed by atoms with E-state index in [9.17, 15) is 9.59 Å². The second kappa shape index (κ2) is 10.5. The molecule has 1 aromatic carbocycles. The Morgan fingerprint density at radius 1 is 1.36 bits per heavy atom. The molecule has 3 N–H and O–H groups in total. The van der Waals surface area contributed by atoms with Crippen LogP contribution in [0.25, 0.3) is 0 Å². The predicted molar refractivity (Wildman–Crippen MR) is 94.6 cm³/mol. The van der Waals surface area contributed by atoms with Gasteiger partial charge in [0.15, 0.2) is 0 Å². The number of rotatable bonds is 7. The molecule has 0 fully saturated rings. The highest BCUT2D eigenvalue weighted by atomic mass is 35.5. The summed E-state index contributed by atoms with van der Waals surface area (Å²) >= 11 is 1.56. The third-order valence-corrected chi connectivity index (χ3v) is 3.85. The summed E-state index contributed by atoms with van der Waals surface area (Å²) in [4.78, 5) is 26.3. The summed E-state index contributed by atoms with van der Waals surface area (Å²) in [7, 11) is 1.60. The first-order valence-electron chi connectivity index (χ1n) is 6.93. The number of carbonyl (C=O) groups excluding carboxylic acids is 2. The van der Waals surface area contributed by atoms with E-state index < -0.39 is 6.04 Å². The van der Waals surface area contributed by atoms with Crippen molar-refractivity contribution in [2.45, 2.75) is 30.7 Å². The first-order valence-corrected chi connectivity index (χ1v) is 8.15. The number of para-hydroxylation sites is 1. The number of anilines is 1. The number of amides is 2. The lowest BCUT2D eigenvalue weighted by Crippen LogP contribution is -2.44. The van der Waals surface area contributed by atoms with Crippen LogP contribution >= 0.6 is 24.2 Å². The highest BCUT2D eigenvalue weighted by Crippen LogP contribution is 2.24. The normalized spacial score (nSPS) is 11.3. The molecule has 0 saturated carbocycles. The molecule has 0 heterocycles. The van der Waals surface area contributed by atoms with Crippen LogP contribution in [-0.4, -0.2) is 42.6 Å². The topological polar surface area (TPSA) is 75.4 Å². The molecule has 7 heteroatoms. The maximum Gasteiger partial charge on any atom is 0.244 e. The molecule has 0 radical (unpaired) electrons. The van der Waals surface area contributed by atoms with E-state index in [4.69, 9.17) is 5.73 Å². The van der Waals surface area contributed by atoms with Crippen molar-refractivity contribution in [3.8, 4) is 0 Å². The van der Waals surface area contributed by atoms with Gasteiger partial charge >= 0.3 is 0 Å². The van der Waals surface area contributed by atoms with Crippen LogP contribution in [0.2, 0.25) is 0 Å². The number of nitrogens with two attached hydrogens (primary N) is 1. The number of hydrogen-bond donors (Lipinski definition) is 2. The van der Waals surface area contributed by atoms with Crippen molar-refractivity contribution in [1.82, 2.24) is 4.90 Å². The fraction of sp³-hybridized carbons (Fsp3) is 0.467. The van der Waals surface area contributed by atoms with Crippen molar-refractivity contribution >= 4 is 41.7 Å². The maximum atomic E-state index is 12.0. The van der Waals surface area contributed by atoms with Gasteiger partial charge in [-0.05, 0) is 24.8 Å². The Balaban J connectivity index is 0.00000441. The quantitative estimate of drug-likeness (QED) is 0.744. The predicted octanol–water partition coefficient (Wildman–Crippen LogP) is 2.35. The van der Waals surface area contributed by atoms with Gasteiger partial charge in [0, 0.05) is 11.9 Å². The number of halogens is 1. The Hall–Kier alpha value is -1.24. The smallest absolute Gasteiger partial charge is 0.244 e. The lowest BCUT2D eigenvalue weighted by atomic mass is 10.1. The van der Waals surface area contributed by atoms with Crippen molar-refractivity contribution in [3.05, 3.63) is 24.3 Å². The summed E-state index contributed by atoms with van der Waals surface area (Å²) in [6.07, 6.45) is 3.42. The summed E-state index contributed by atoms with van der Waals surface area (Å²) in [5.41, 5.74) is 6.53. The van der Waals surface area contributed by atoms with Crippen molar-refractivity contribution in [3.63, 3.8) is 0 Å². The van der Waals surface area contributed by atoms with Crippen molar-refractivity contribution in [2.24, 2.45) is 5.73 Å². The minimum absolute atomic E-state index is 0. The molecule has 0 aliphatic heterocycles. The molecule has 0 aliphatic rings. The van der Waals surface area contributed by atoms with Crippen LogP contribution < -0.4 is 11.1 Å². The fourth-order valence-electron chi connectivity index (χ4n) is 1.95. The molecule has 5 nitrogen and oxygen atoms in total. The highest BCUT2D eigenvalue weighted by Gasteiger charge is 2.19. The zero-order valence-corrected chi connectivity index (χ0v) is 14.8. The molecule has 0 spiro atoms. The number of nitrogens with zero attached hydrogens (tertiary/aromatic N) is 1. The van der Waals surface area contributed by atoms with E-state index in [1.807, 2.05) is 37.4 Å². The highest BCUT2D eigenvalue weighted by molar-refractivity contribution is 7.98. The van der Waals surface area contributed by atoms with Gasteiger partial charge in [0.25, 0.3) is 0 Å². The summed E-state index contributed by atoms with van der Waals surface area (Å²) in [5.74, 6) is -0.429. The van der Waals surface area contributed by atoms with E-state index in [-0.39, 0.29) is 30.8 Å². The van der Waals surface area contributed by atoms with Crippen LogP contribution in [0.4, 0.5) is 5.69 Å². The summed E-state index contributed by atoms with van der Waals surface area (Å²) < 4.78 is 0. The van der Waals surface area contributed by atoms with Crippen LogP contribution in [0.1, 0.15) is 19.8 Å². The summed E-state index contributed by atoms with van der Waals surface area (Å²) in [6.45, 7) is 1.97. The molecular weight excluding hydrogens is 322 g/mol. The van der Waals surface area contributed by atoms with Gasteiger partial charge in [-0.3, -0.25) is 9.59 Å². The van der Waals surface area contributed by atoms with E-state index >= 15 is 0 Å². The minimum atomic E-state index is -0.536. The fourth-order valence-corrected chi connectivity index (χ4v) is 2.50. The molecule has 0 bridgehead atoms. The number of nitrogens with one attached hydrogen (secondary N) is 1. The third kappa shape index (κ3) is 6.25. The molecule has 1 aromatic rings. The Morgan fingerprint density at radius 3 is 2.59 bits per heavy atom. The van der Waals surface area contributed by atoms with Gasteiger partial charge in [-0.15, -0.1) is 24.2 Å². The molecule has 0 aliphatic carbocycles. The van der Waals surface area contributed by atoms with Crippen LogP contribution in [0.15, 0.2) is 29.2 Å². The van der Waals surface area contributed by atoms with E-state index in [0.29, 0.717) is 6.42 Å². The molecule has 124 valence electrons. The Bertz CT molecular complexity index is 499. The summed E-state index contributed by atoms with van der Waals surface area (Å²) in [5, 5.41) is 2.82. The van der Waals surface area contributed by atoms with Crippen LogP contribution in [-0.2, 0) is 9.59 Å². The van der Waals surface area contributed by atoms with E-state index in [1.165, 1.54) is 4.90 Å². The molecule has 0 saturated heterocycles. The van der Waals surface area contributed by atoms with Gasteiger partial charge in [-0.25, -0.2) is 0 Å². The molecule has 2 amide bonds. The molecular formula is C15H24ClN3O2S. The van der Waals surface area contributed by atoms with E-state index in [2.05, 4.69) is 5.32 Å². The number of hydrogen-bond acceptors (Lipinski definition) is 4. The average molecular weight is 346 g/mol. The molecule has 1 rings (SSSR count). The number of thioether (sulfide) groups is 1. The molecule has 22 heavy (non-hydrogen) atoms. The Morgan fingerprint density at radius 2 is 2.00 bits per heavy atom. The second-order valence-corrected chi connectivity index (χ2v) is 5.69. The van der Waals surface area contributed by atoms with Crippen molar-refractivity contribution < 1.29 is 9.59 Å². The largest absolute Gasteiger partial charge is 0.335 e. The minimum Gasteiger partial charge on any atom is -0.335 e. The van der Waals surface area contributed by atoms with Crippen LogP contribution in [0.3, 0.4) is 0 Å². The Labute approximate surface area is 142 Å². The van der Waals surface area contributed by atoms with Gasteiger partial charge in [-0.2, -0.15) is 0 Å². The van der Waals surface area contributed by atoms with E-state index in [0.717, 1.165) is 17.0 Å². The maximum absolute atomic E-state index is 12.0. The number of benzene rings is 1. The zero-order chi connectivity index (χ0) is 15.8. The van der Waals surface area contributed by atoms with Gasteiger partial charge in [0.2, 0.25) is 11.8 Å². The van der Waals surface area contributed by atoms with Crippen molar-refractivity contribution in [1.29, 1.82) is 0 Å². The molecule has 1 atom stereocenters. The second-order valence-electron chi connectivity index (χ2n) is 4.84. The summed E-state index contributed by atoms with van der Waals surface area (Å²) in [6, 6.07) is 7.02. The van der Waals surface area contributed by atoms with Crippen LogP contribution in [0, 0.1) is 0 Å². The van der Waals surface area contributed by atoms with Gasteiger partial charge in [0.05, 0.1) is 18.3 Å². The average Bonchev–Trinajstić information content (AvgIpc) is 2.47. The molecule has 0 aromatic heterocycles. The lowest BCUT2D eigenvalue weighted by Gasteiger charge is -2.20. The van der Waals surface area contributed by atoms with Gasteiger partial charge < -0.3 is 16.0 Å². The first-order chi connectivity index (χ1) is 9.99. The molecule has 1 unspecified atom stereocenters. The lowest BCUT2D eigenvalue weighted by molar-refractivity contribution is -0.134. The van der Waals surface area contributed by atoms with Crippen LogP contribution in [0.5, 0.6) is 0 Å². The Kier molecular flexibility index (Phi) is 9.89. The van der Waals surface area contributed by atoms with Gasteiger partial charge in [0.1, 0.15) is 0 Å². The van der Waals surface area contributed by atoms with Crippen molar-refractivity contribution in [2.75, 3.05) is 25.2 Å². The number of carbonyl (C=O) groups is 2. The monoisotopic (exact) mass is 345 g/mol. The SMILES string of the molecule is CCCC(N)C(=O)N(C)CC(=O)Nc1ccccc1SC.Cl. The third-order valence-electron chi connectivity index (χ3n) is 3.05. The standard InChI is InChI=1S/C15H23N3O2S.ClH/c1-4-7-11(16)15(20)18(2)10-14(19)17-12-8-5-6-9-13(12)21-3;/h5-6,8-9,11H,4,7,10,16H2,1-3H3,(H,17,19);1H. The van der Waals surface area contributed by atoms with E-state index in [1.54, 1.807) is 18.8 Å². The number of likely N-dealkylation sites (N-methyl/N-ethyl adjacent to an activating group) is 1. The zero-order valence-electron chi connectivity index (χ0n) is 13.2. The first kappa shape index (κ1) is 20.8.